The van der Waals surface area contributed by atoms with Crippen LogP contribution in [0.4, 0.5) is 0 Å². The average molecular weight is 717 g/mol. The van der Waals surface area contributed by atoms with Crippen molar-refractivity contribution >= 4 is 19.8 Å². The van der Waals surface area contributed by atoms with E-state index in [0.29, 0.717) is 12.8 Å². The Morgan fingerprint density at radius 3 is 1.35 bits per heavy atom. The van der Waals surface area contributed by atoms with Crippen molar-refractivity contribution in [1.29, 1.82) is 0 Å². The van der Waals surface area contributed by atoms with Gasteiger partial charge in [-0.2, -0.15) is 0 Å². The zero-order valence-electron chi connectivity index (χ0n) is 32.1. The Kier molecular flexibility index (Phi) is 35.7. The normalized spacial score (nSPS) is 13.5. The topological polar surface area (TPSA) is 108 Å². The highest BCUT2D eigenvalue weighted by molar-refractivity contribution is 7.47. The van der Waals surface area contributed by atoms with Crippen molar-refractivity contribution in [2.45, 2.75) is 213 Å². The van der Waals surface area contributed by atoms with Gasteiger partial charge >= 0.3 is 19.8 Å². The molecule has 0 saturated heterocycles. The van der Waals surface area contributed by atoms with Crippen LogP contribution in [0, 0.1) is 0 Å². The van der Waals surface area contributed by atoms with E-state index in [-0.39, 0.29) is 25.6 Å². The predicted molar refractivity (Wildman–Crippen MR) is 203 cm³/mol. The van der Waals surface area contributed by atoms with E-state index in [2.05, 4.69) is 26.0 Å². The second kappa shape index (κ2) is 36.6. The lowest BCUT2D eigenvalue weighted by Gasteiger charge is -2.19. The molecule has 0 aromatic carbocycles. The van der Waals surface area contributed by atoms with Gasteiger partial charge in [0.1, 0.15) is 6.61 Å². The second-order valence-corrected chi connectivity index (χ2v) is 15.1. The summed E-state index contributed by atoms with van der Waals surface area (Å²) < 4.78 is 32.6. The predicted octanol–water partition coefficient (Wildman–Crippen LogP) is 12.5. The van der Waals surface area contributed by atoms with Crippen LogP contribution in [-0.2, 0) is 32.7 Å². The lowest BCUT2D eigenvalue weighted by atomic mass is 10.0. The quantitative estimate of drug-likeness (QED) is 0.0291. The number of carbonyl (C=O) groups excluding carboxylic acids is 2. The molecule has 9 heteroatoms. The summed E-state index contributed by atoms with van der Waals surface area (Å²) in [5.74, 6) is -0.798. The third-order valence-electron chi connectivity index (χ3n) is 8.82. The molecule has 1 N–H and O–H groups in total. The number of phosphoric ester groups is 1. The molecule has 0 rings (SSSR count). The van der Waals surface area contributed by atoms with E-state index >= 15 is 0 Å². The number of allylic oxidation sites excluding steroid dienone is 2. The summed E-state index contributed by atoms with van der Waals surface area (Å²) in [6, 6.07) is 0. The molecule has 0 bridgehead atoms. The SMILES string of the molecule is CCCCCCCC/C=C\CCCCCCCC(=O)OC(COC(=O)CCCCCCCCCCCCCCCC)COP(=O)(O)OCC. The van der Waals surface area contributed by atoms with Crippen LogP contribution in [0.5, 0.6) is 0 Å². The van der Waals surface area contributed by atoms with Crippen LogP contribution >= 0.6 is 7.82 Å². The van der Waals surface area contributed by atoms with Crippen LogP contribution < -0.4 is 0 Å². The number of esters is 2. The molecule has 0 aliphatic carbocycles. The Bertz CT molecular complexity index is 818. The van der Waals surface area contributed by atoms with Gasteiger partial charge in [-0.25, -0.2) is 4.57 Å². The van der Waals surface area contributed by atoms with Crippen LogP contribution in [0.25, 0.3) is 0 Å². The molecule has 2 unspecified atom stereocenters. The Balaban J connectivity index is 4.10. The van der Waals surface area contributed by atoms with Crippen molar-refractivity contribution in [2.75, 3.05) is 19.8 Å². The minimum Gasteiger partial charge on any atom is -0.462 e. The van der Waals surface area contributed by atoms with Crippen LogP contribution in [0.1, 0.15) is 207 Å². The van der Waals surface area contributed by atoms with Crippen LogP contribution in [0.3, 0.4) is 0 Å². The molecular weight excluding hydrogens is 639 g/mol. The van der Waals surface area contributed by atoms with E-state index < -0.39 is 26.5 Å². The first kappa shape index (κ1) is 47.8. The fraction of sp³-hybridized carbons (Fsp3) is 0.900. The van der Waals surface area contributed by atoms with Gasteiger partial charge in [0, 0.05) is 12.8 Å². The van der Waals surface area contributed by atoms with Gasteiger partial charge in [-0.05, 0) is 45.4 Å². The fourth-order valence-corrected chi connectivity index (χ4v) is 6.56. The lowest BCUT2D eigenvalue weighted by Crippen LogP contribution is -2.29. The van der Waals surface area contributed by atoms with E-state index in [1.807, 2.05) is 0 Å². The zero-order valence-corrected chi connectivity index (χ0v) is 33.0. The first-order valence-corrected chi connectivity index (χ1v) is 22.0. The van der Waals surface area contributed by atoms with Gasteiger partial charge in [0.2, 0.25) is 0 Å². The van der Waals surface area contributed by atoms with E-state index in [4.69, 9.17) is 18.5 Å². The standard InChI is InChI=1S/C40H77O8P/c1-4-7-9-11-13-15-17-19-21-23-25-27-29-31-33-35-40(42)48-38(37-47-49(43,44)46-6-3)36-45-39(41)34-32-30-28-26-24-22-20-18-16-14-12-10-8-5-2/h19,21,38H,4-18,20,22-37H2,1-3H3,(H,43,44)/b21-19-. The molecule has 0 saturated carbocycles. The highest BCUT2D eigenvalue weighted by Gasteiger charge is 2.25. The van der Waals surface area contributed by atoms with E-state index in [1.54, 1.807) is 6.92 Å². The molecule has 0 aromatic rings. The molecule has 0 amide bonds. The second-order valence-electron chi connectivity index (χ2n) is 13.7. The summed E-state index contributed by atoms with van der Waals surface area (Å²) in [6.07, 6.45) is 36.9. The average Bonchev–Trinajstić information content (AvgIpc) is 3.07. The number of carbonyl (C=O) groups is 2. The van der Waals surface area contributed by atoms with Crippen molar-refractivity contribution in [3.63, 3.8) is 0 Å². The van der Waals surface area contributed by atoms with Crippen LogP contribution in [0.15, 0.2) is 12.2 Å². The van der Waals surface area contributed by atoms with Crippen LogP contribution in [-0.4, -0.2) is 42.8 Å². The summed E-state index contributed by atoms with van der Waals surface area (Å²) in [4.78, 5) is 34.6. The maximum absolute atomic E-state index is 12.5. The number of rotatable bonds is 38. The number of phosphoric acid groups is 1. The van der Waals surface area contributed by atoms with Gasteiger partial charge < -0.3 is 14.4 Å². The Morgan fingerprint density at radius 1 is 0.531 bits per heavy atom. The minimum atomic E-state index is -4.27. The number of unbranched alkanes of at least 4 members (excludes halogenated alkanes) is 24. The third-order valence-corrected chi connectivity index (χ3v) is 9.88. The molecule has 0 radical (unpaired) electrons. The summed E-state index contributed by atoms with van der Waals surface area (Å²) in [7, 11) is -4.27. The molecule has 0 fully saturated rings. The van der Waals surface area contributed by atoms with E-state index in [9.17, 15) is 19.0 Å². The van der Waals surface area contributed by atoms with Crippen molar-refractivity contribution in [3.8, 4) is 0 Å². The highest BCUT2D eigenvalue weighted by atomic mass is 31.2. The molecule has 0 spiro atoms. The van der Waals surface area contributed by atoms with Gasteiger partial charge in [0.05, 0.1) is 13.2 Å². The molecule has 2 atom stereocenters. The monoisotopic (exact) mass is 717 g/mol. The third kappa shape index (κ3) is 36.4. The van der Waals surface area contributed by atoms with Crippen molar-refractivity contribution in [1.82, 2.24) is 0 Å². The molecule has 0 aromatic heterocycles. The zero-order chi connectivity index (χ0) is 36.1. The first-order chi connectivity index (χ1) is 23.8. The Morgan fingerprint density at radius 2 is 0.918 bits per heavy atom. The van der Waals surface area contributed by atoms with Gasteiger partial charge in [-0.3, -0.25) is 18.6 Å². The molecule has 0 aliphatic heterocycles. The maximum Gasteiger partial charge on any atom is 0.472 e. The summed E-state index contributed by atoms with van der Waals surface area (Å²) in [5, 5.41) is 0. The highest BCUT2D eigenvalue weighted by Crippen LogP contribution is 2.43. The van der Waals surface area contributed by atoms with Crippen molar-refractivity contribution < 1.29 is 37.6 Å². The van der Waals surface area contributed by atoms with Gasteiger partial charge in [-0.1, -0.05) is 161 Å². The molecule has 0 heterocycles. The number of ether oxygens (including phenoxy) is 2. The Hall–Kier alpha value is -1.21. The summed E-state index contributed by atoms with van der Waals surface area (Å²) in [6.45, 7) is 5.47. The van der Waals surface area contributed by atoms with Crippen molar-refractivity contribution in [3.05, 3.63) is 12.2 Å². The summed E-state index contributed by atoms with van der Waals surface area (Å²) in [5.41, 5.74) is 0. The summed E-state index contributed by atoms with van der Waals surface area (Å²) >= 11 is 0. The van der Waals surface area contributed by atoms with Crippen molar-refractivity contribution in [2.24, 2.45) is 0 Å². The van der Waals surface area contributed by atoms with Gasteiger partial charge in [-0.15, -0.1) is 0 Å². The minimum absolute atomic E-state index is 0.00188. The number of hydrogen-bond acceptors (Lipinski definition) is 7. The maximum atomic E-state index is 12.5. The fourth-order valence-electron chi connectivity index (χ4n) is 5.80. The molecule has 0 aliphatic rings. The number of hydrogen-bond donors (Lipinski definition) is 1. The molecule has 8 nitrogen and oxygen atoms in total. The lowest BCUT2D eigenvalue weighted by molar-refractivity contribution is -0.161. The van der Waals surface area contributed by atoms with E-state index in [0.717, 1.165) is 51.4 Å². The van der Waals surface area contributed by atoms with Crippen LogP contribution in [0.2, 0.25) is 0 Å². The van der Waals surface area contributed by atoms with Gasteiger partial charge in [0.25, 0.3) is 0 Å². The first-order valence-electron chi connectivity index (χ1n) is 20.5. The largest absolute Gasteiger partial charge is 0.472 e. The molecular formula is C40H77O8P. The molecule has 49 heavy (non-hydrogen) atoms. The van der Waals surface area contributed by atoms with E-state index in [1.165, 1.54) is 116 Å². The molecule has 290 valence electrons. The smallest absolute Gasteiger partial charge is 0.462 e. The van der Waals surface area contributed by atoms with Gasteiger partial charge in [0.15, 0.2) is 6.10 Å². The Labute approximate surface area is 301 Å².